The first-order chi connectivity index (χ1) is 10.2. The Morgan fingerprint density at radius 2 is 2.19 bits per heavy atom. The molecule has 2 aliphatic rings. The van der Waals surface area contributed by atoms with Crippen molar-refractivity contribution in [2.75, 3.05) is 13.2 Å². The molecule has 21 heavy (non-hydrogen) atoms. The summed E-state index contributed by atoms with van der Waals surface area (Å²) in [5.74, 6) is 3.01. The largest absolute Gasteiger partial charge is 0.493 e. The standard InChI is InChI=1S/C17H25N3O/c1-12-5-4-6-13(12)11-19-17(18)20-15-9-10-21-16-8-3-2-7-14(15)16/h2-3,7-8,12-13,15H,4-6,9-11H2,1H3,(H3,18,19,20). The van der Waals surface area contributed by atoms with Crippen molar-refractivity contribution in [2.45, 2.75) is 38.6 Å². The molecule has 1 fully saturated rings. The zero-order valence-corrected chi connectivity index (χ0v) is 12.7. The van der Waals surface area contributed by atoms with Gasteiger partial charge in [-0.3, -0.25) is 4.99 Å². The van der Waals surface area contributed by atoms with Crippen LogP contribution in [0, 0.1) is 11.8 Å². The van der Waals surface area contributed by atoms with E-state index in [2.05, 4.69) is 23.3 Å². The Bertz CT molecular complexity index is 515. The minimum Gasteiger partial charge on any atom is -0.493 e. The first-order valence-corrected chi connectivity index (χ1v) is 8.02. The third kappa shape index (κ3) is 3.31. The minimum atomic E-state index is 0.208. The topological polar surface area (TPSA) is 59.6 Å². The highest BCUT2D eigenvalue weighted by Gasteiger charge is 2.24. The van der Waals surface area contributed by atoms with Crippen LogP contribution in [0.2, 0.25) is 0 Å². The van der Waals surface area contributed by atoms with E-state index in [4.69, 9.17) is 10.5 Å². The van der Waals surface area contributed by atoms with E-state index in [-0.39, 0.29) is 6.04 Å². The number of fused-ring (bicyclic) bond motifs is 1. The van der Waals surface area contributed by atoms with Crippen molar-refractivity contribution in [1.82, 2.24) is 5.32 Å². The molecule has 3 N–H and O–H groups in total. The zero-order chi connectivity index (χ0) is 14.7. The number of hydrogen-bond acceptors (Lipinski definition) is 2. The van der Waals surface area contributed by atoms with Gasteiger partial charge in [-0.05, 0) is 24.3 Å². The molecule has 1 aliphatic carbocycles. The van der Waals surface area contributed by atoms with E-state index in [1.54, 1.807) is 0 Å². The Morgan fingerprint density at radius 3 is 3.00 bits per heavy atom. The van der Waals surface area contributed by atoms with Crippen LogP contribution >= 0.6 is 0 Å². The number of aliphatic imine (C=N–C) groups is 1. The molecule has 1 aliphatic heterocycles. The fourth-order valence-corrected chi connectivity index (χ4v) is 3.43. The molecule has 0 radical (unpaired) electrons. The average Bonchev–Trinajstić information content (AvgIpc) is 2.91. The van der Waals surface area contributed by atoms with Crippen molar-refractivity contribution in [3.8, 4) is 5.75 Å². The summed E-state index contributed by atoms with van der Waals surface area (Å²) in [7, 11) is 0. The molecule has 4 heteroatoms. The van der Waals surface area contributed by atoms with Gasteiger partial charge in [0.25, 0.3) is 0 Å². The summed E-state index contributed by atoms with van der Waals surface area (Å²) in [5.41, 5.74) is 7.26. The molecule has 4 nitrogen and oxygen atoms in total. The van der Waals surface area contributed by atoms with E-state index in [9.17, 15) is 0 Å². The summed E-state index contributed by atoms with van der Waals surface area (Å²) in [4.78, 5) is 4.57. The summed E-state index contributed by atoms with van der Waals surface area (Å²) < 4.78 is 5.67. The number of ether oxygens (including phenoxy) is 1. The minimum absolute atomic E-state index is 0.208. The van der Waals surface area contributed by atoms with Crippen LogP contribution in [-0.4, -0.2) is 19.1 Å². The molecule has 0 saturated heterocycles. The van der Waals surface area contributed by atoms with Crippen molar-refractivity contribution < 1.29 is 4.74 Å². The quantitative estimate of drug-likeness (QED) is 0.664. The highest BCUT2D eigenvalue weighted by atomic mass is 16.5. The molecule has 114 valence electrons. The van der Waals surface area contributed by atoms with Gasteiger partial charge in [-0.2, -0.15) is 0 Å². The number of nitrogens with one attached hydrogen (secondary N) is 1. The normalized spacial score (nSPS) is 28.8. The Balaban J connectivity index is 1.61. The maximum atomic E-state index is 6.08. The SMILES string of the molecule is CC1CCCC1CN=C(N)NC1CCOc2ccccc21. The lowest BCUT2D eigenvalue weighted by Crippen LogP contribution is -2.37. The van der Waals surface area contributed by atoms with Gasteiger partial charge >= 0.3 is 0 Å². The fourth-order valence-electron chi connectivity index (χ4n) is 3.43. The van der Waals surface area contributed by atoms with Crippen molar-refractivity contribution in [2.24, 2.45) is 22.6 Å². The maximum Gasteiger partial charge on any atom is 0.189 e. The van der Waals surface area contributed by atoms with Gasteiger partial charge in [0.2, 0.25) is 0 Å². The monoisotopic (exact) mass is 287 g/mol. The van der Waals surface area contributed by atoms with Crippen LogP contribution in [0.1, 0.15) is 44.2 Å². The molecule has 1 aromatic rings. The van der Waals surface area contributed by atoms with Gasteiger partial charge in [-0.25, -0.2) is 0 Å². The smallest absolute Gasteiger partial charge is 0.189 e. The van der Waals surface area contributed by atoms with E-state index in [1.165, 1.54) is 24.8 Å². The lowest BCUT2D eigenvalue weighted by atomic mass is 9.98. The summed E-state index contributed by atoms with van der Waals surface area (Å²) in [6.07, 6.45) is 4.88. The van der Waals surface area contributed by atoms with Crippen molar-refractivity contribution >= 4 is 5.96 Å². The number of benzene rings is 1. The molecule has 0 bridgehead atoms. The number of guanidine groups is 1. The number of rotatable bonds is 3. The summed E-state index contributed by atoms with van der Waals surface area (Å²) >= 11 is 0. The van der Waals surface area contributed by atoms with Gasteiger partial charge in [0.1, 0.15) is 5.75 Å². The number of hydrogen-bond donors (Lipinski definition) is 2. The third-order valence-corrected chi connectivity index (χ3v) is 4.82. The molecule has 1 aromatic carbocycles. The Morgan fingerprint density at radius 1 is 1.33 bits per heavy atom. The van der Waals surface area contributed by atoms with Gasteiger partial charge in [0, 0.05) is 18.5 Å². The van der Waals surface area contributed by atoms with Gasteiger partial charge in [0.15, 0.2) is 5.96 Å². The highest BCUT2D eigenvalue weighted by molar-refractivity contribution is 5.78. The maximum absolute atomic E-state index is 6.08. The van der Waals surface area contributed by atoms with Crippen LogP contribution in [0.15, 0.2) is 29.3 Å². The third-order valence-electron chi connectivity index (χ3n) is 4.82. The molecule has 0 aromatic heterocycles. The van der Waals surface area contributed by atoms with Crippen molar-refractivity contribution in [1.29, 1.82) is 0 Å². The van der Waals surface area contributed by atoms with Crippen LogP contribution in [0.25, 0.3) is 0 Å². The molecule has 1 saturated carbocycles. The van der Waals surface area contributed by atoms with Crippen molar-refractivity contribution in [3.63, 3.8) is 0 Å². The summed E-state index contributed by atoms with van der Waals surface area (Å²) in [6.45, 7) is 3.90. The second-order valence-electron chi connectivity index (χ2n) is 6.27. The molecule has 3 unspecified atom stereocenters. The molecule has 0 spiro atoms. The van der Waals surface area contributed by atoms with E-state index in [1.807, 2.05) is 18.2 Å². The summed E-state index contributed by atoms with van der Waals surface area (Å²) in [5, 5.41) is 3.36. The Hall–Kier alpha value is -1.71. The molecular formula is C17H25N3O. The fraction of sp³-hybridized carbons (Fsp3) is 0.588. The highest BCUT2D eigenvalue weighted by Crippen LogP contribution is 2.32. The molecular weight excluding hydrogens is 262 g/mol. The van der Waals surface area contributed by atoms with E-state index in [0.717, 1.165) is 31.2 Å². The van der Waals surface area contributed by atoms with Gasteiger partial charge in [-0.15, -0.1) is 0 Å². The Labute approximate surface area is 126 Å². The lowest BCUT2D eigenvalue weighted by molar-refractivity contribution is 0.262. The van der Waals surface area contributed by atoms with Crippen LogP contribution in [0.4, 0.5) is 0 Å². The summed E-state index contributed by atoms with van der Waals surface area (Å²) in [6, 6.07) is 8.35. The Kier molecular flexibility index (Phi) is 4.32. The van der Waals surface area contributed by atoms with E-state index < -0.39 is 0 Å². The van der Waals surface area contributed by atoms with Crippen molar-refractivity contribution in [3.05, 3.63) is 29.8 Å². The zero-order valence-electron chi connectivity index (χ0n) is 12.7. The molecule has 3 rings (SSSR count). The second kappa shape index (κ2) is 6.37. The average molecular weight is 287 g/mol. The van der Waals surface area contributed by atoms with Gasteiger partial charge in [0.05, 0.1) is 12.6 Å². The lowest BCUT2D eigenvalue weighted by Gasteiger charge is -2.27. The van der Waals surface area contributed by atoms with Crippen LogP contribution < -0.4 is 15.8 Å². The molecule has 1 heterocycles. The first-order valence-electron chi connectivity index (χ1n) is 8.02. The van der Waals surface area contributed by atoms with Crippen LogP contribution in [0.5, 0.6) is 5.75 Å². The predicted octanol–water partition coefficient (Wildman–Crippen LogP) is 2.85. The number of nitrogens with two attached hydrogens (primary N) is 1. The van der Waals surface area contributed by atoms with Crippen LogP contribution in [0.3, 0.4) is 0 Å². The first kappa shape index (κ1) is 14.2. The van der Waals surface area contributed by atoms with Crippen LogP contribution in [-0.2, 0) is 0 Å². The van der Waals surface area contributed by atoms with Gasteiger partial charge < -0.3 is 15.8 Å². The molecule has 3 atom stereocenters. The number of para-hydroxylation sites is 1. The number of nitrogens with zero attached hydrogens (tertiary/aromatic N) is 1. The molecule has 0 amide bonds. The predicted molar refractivity (Wildman–Crippen MR) is 85.4 cm³/mol. The van der Waals surface area contributed by atoms with E-state index in [0.29, 0.717) is 11.9 Å². The van der Waals surface area contributed by atoms with Gasteiger partial charge in [-0.1, -0.05) is 38.0 Å². The van der Waals surface area contributed by atoms with E-state index >= 15 is 0 Å². The second-order valence-corrected chi connectivity index (χ2v) is 6.27.